The maximum absolute atomic E-state index is 5.55. The van der Waals surface area contributed by atoms with E-state index in [2.05, 4.69) is 12.1 Å². The second-order valence-corrected chi connectivity index (χ2v) is 4.11. The zero-order valence-corrected chi connectivity index (χ0v) is 11.7. The Hall–Kier alpha value is -0.940. The van der Waals surface area contributed by atoms with Gasteiger partial charge in [-0.15, -0.1) is 0 Å². The summed E-state index contributed by atoms with van der Waals surface area (Å²) >= 11 is 0. The first kappa shape index (κ1) is 16.1. The molecule has 4 heteroatoms. The average molecular weight is 268 g/mol. The van der Waals surface area contributed by atoms with Gasteiger partial charge in [0.15, 0.2) is 0 Å². The first-order valence-corrected chi connectivity index (χ1v) is 6.69. The Labute approximate surface area is 115 Å². The van der Waals surface area contributed by atoms with Gasteiger partial charge in [-0.1, -0.05) is 30.3 Å². The summed E-state index contributed by atoms with van der Waals surface area (Å²) in [7, 11) is 1.66. The van der Waals surface area contributed by atoms with Gasteiger partial charge in [0.1, 0.15) is 0 Å². The first-order chi connectivity index (χ1) is 9.43. The van der Waals surface area contributed by atoms with Crippen LogP contribution in [-0.4, -0.2) is 46.8 Å². The van der Waals surface area contributed by atoms with Crippen LogP contribution < -0.4 is 0 Å². The lowest BCUT2D eigenvalue weighted by molar-refractivity contribution is 0.0173. The first-order valence-electron chi connectivity index (χ1n) is 6.69. The minimum Gasteiger partial charge on any atom is -0.382 e. The lowest BCUT2D eigenvalue weighted by atomic mass is 10.2. The summed E-state index contributed by atoms with van der Waals surface area (Å²) in [6, 6.07) is 10.2. The average Bonchev–Trinajstić information content (AvgIpc) is 2.46. The highest BCUT2D eigenvalue weighted by atomic mass is 16.5. The van der Waals surface area contributed by atoms with Crippen LogP contribution in [0, 0.1) is 0 Å². The molecule has 0 amide bonds. The van der Waals surface area contributed by atoms with E-state index >= 15 is 0 Å². The molecule has 19 heavy (non-hydrogen) atoms. The van der Waals surface area contributed by atoms with E-state index in [-0.39, 0.29) is 0 Å². The minimum absolute atomic E-state index is 0.619. The minimum atomic E-state index is 0.619. The maximum Gasteiger partial charge on any atom is 0.0716 e. The second-order valence-electron chi connectivity index (χ2n) is 4.11. The number of hydrogen-bond donors (Lipinski definition) is 0. The molecule has 0 aromatic heterocycles. The Kier molecular flexibility index (Phi) is 10.3. The van der Waals surface area contributed by atoms with E-state index in [1.54, 1.807) is 7.11 Å². The van der Waals surface area contributed by atoms with Gasteiger partial charge in [-0.05, 0) is 12.0 Å². The van der Waals surface area contributed by atoms with Crippen molar-refractivity contribution in [1.82, 2.24) is 0 Å². The van der Waals surface area contributed by atoms with Crippen LogP contribution in [0.4, 0.5) is 0 Å². The number of rotatable bonds is 12. The number of benzene rings is 1. The van der Waals surface area contributed by atoms with Crippen molar-refractivity contribution in [1.29, 1.82) is 0 Å². The highest BCUT2D eigenvalue weighted by Gasteiger charge is 1.93. The van der Waals surface area contributed by atoms with Gasteiger partial charge in [0, 0.05) is 20.3 Å². The van der Waals surface area contributed by atoms with E-state index in [4.69, 9.17) is 18.9 Å². The Bertz CT molecular complexity index is 289. The van der Waals surface area contributed by atoms with Crippen molar-refractivity contribution in [2.75, 3.05) is 46.8 Å². The van der Waals surface area contributed by atoms with Crippen LogP contribution >= 0.6 is 0 Å². The molecule has 0 aliphatic rings. The number of hydrogen-bond acceptors (Lipinski definition) is 4. The van der Waals surface area contributed by atoms with E-state index in [9.17, 15) is 0 Å². The van der Waals surface area contributed by atoms with Gasteiger partial charge in [0.05, 0.1) is 33.0 Å². The van der Waals surface area contributed by atoms with Gasteiger partial charge >= 0.3 is 0 Å². The summed E-state index contributed by atoms with van der Waals surface area (Å²) in [5.74, 6) is 0. The zero-order chi connectivity index (χ0) is 13.6. The molecule has 108 valence electrons. The zero-order valence-electron chi connectivity index (χ0n) is 11.7. The van der Waals surface area contributed by atoms with Crippen molar-refractivity contribution in [3.63, 3.8) is 0 Å². The van der Waals surface area contributed by atoms with E-state index in [0.29, 0.717) is 39.6 Å². The van der Waals surface area contributed by atoms with Gasteiger partial charge in [-0.3, -0.25) is 0 Å². The molecule has 0 saturated carbocycles. The molecular weight excluding hydrogens is 244 g/mol. The smallest absolute Gasteiger partial charge is 0.0716 e. The summed E-state index contributed by atoms with van der Waals surface area (Å²) in [6.45, 7) is 4.60. The van der Waals surface area contributed by atoms with Gasteiger partial charge in [-0.2, -0.15) is 0 Å². The molecule has 4 nitrogen and oxygen atoms in total. The predicted molar refractivity (Wildman–Crippen MR) is 74.2 cm³/mol. The van der Waals surface area contributed by atoms with Crippen LogP contribution in [0.25, 0.3) is 0 Å². The molecule has 0 radical (unpaired) electrons. The van der Waals surface area contributed by atoms with Crippen LogP contribution in [0.5, 0.6) is 0 Å². The number of methoxy groups -OCH3 is 1. The normalized spacial score (nSPS) is 10.8. The Balaban J connectivity index is 1.79. The van der Waals surface area contributed by atoms with E-state index in [0.717, 1.165) is 13.0 Å². The Morgan fingerprint density at radius 1 is 0.737 bits per heavy atom. The molecule has 0 bridgehead atoms. The third kappa shape index (κ3) is 9.62. The van der Waals surface area contributed by atoms with E-state index in [1.807, 2.05) is 18.2 Å². The molecule has 1 aromatic carbocycles. The summed E-state index contributed by atoms with van der Waals surface area (Å²) in [5.41, 5.74) is 1.20. The fraction of sp³-hybridized carbons (Fsp3) is 0.600. The molecule has 0 spiro atoms. The fourth-order valence-corrected chi connectivity index (χ4v) is 1.49. The molecule has 0 N–H and O–H groups in total. The highest BCUT2D eigenvalue weighted by Crippen LogP contribution is 2.00. The Morgan fingerprint density at radius 2 is 1.37 bits per heavy atom. The maximum atomic E-state index is 5.55. The molecule has 0 atom stereocenters. The van der Waals surface area contributed by atoms with E-state index < -0.39 is 0 Å². The molecule has 0 aliphatic heterocycles. The topological polar surface area (TPSA) is 36.9 Å². The summed E-state index contributed by atoms with van der Waals surface area (Å²) in [4.78, 5) is 0. The van der Waals surface area contributed by atoms with Crippen molar-refractivity contribution < 1.29 is 18.9 Å². The highest BCUT2D eigenvalue weighted by molar-refractivity contribution is 5.13. The summed E-state index contributed by atoms with van der Waals surface area (Å²) < 4.78 is 21.1. The van der Waals surface area contributed by atoms with Crippen molar-refractivity contribution in [3.05, 3.63) is 35.9 Å². The summed E-state index contributed by atoms with van der Waals surface area (Å²) in [6.07, 6.45) is 0.908. The second kappa shape index (κ2) is 12.1. The molecule has 0 aliphatic carbocycles. The molecule has 1 rings (SSSR count). The van der Waals surface area contributed by atoms with Crippen LogP contribution in [0.2, 0.25) is 0 Å². The fourth-order valence-electron chi connectivity index (χ4n) is 1.49. The SMILES string of the molecule is COCCOCCOCCCOCc1ccccc1. The van der Waals surface area contributed by atoms with Crippen LogP contribution in [0.1, 0.15) is 12.0 Å². The van der Waals surface area contributed by atoms with Gasteiger partial charge in [-0.25, -0.2) is 0 Å². The third-order valence-corrected chi connectivity index (χ3v) is 2.49. The van der Waals surface area contributed by atoms with Crippen LogP contribution in [0.3, 0.4) is 0 Å². The van der Waals surface area contributed by atoms with Gasteiger partial charge in [0.2, 0.25) is 0 Å². The quantitative estimate of drug-likeness (QED) is 0.545. The molecule has 0 heterocycles. The van der Waals surface area contributed by atoms with Crippen LogP contribution in [0.15, 0.2) is 30.3 Å². The Morgan fingerprint density at radius 3 is 2.11 bits per heavy atom. The molecule has 0 saturated heterocycles. The molecular formula is C15H24O4. The van der Waals surface area contributed by atoms with Crippen molar-refractivity contribution in [2.24, 2.45) is 0 Å². The van der Waals surface area contributed by atoms with Crippen molar-refractivity contribution in [2.45, 2.75) is 13.0 Å². The van der Waals surface area contributed by atoms with Gasteiger partial charge < -0.3 is 18.9 Å². The lowest BCUT2D eigenvalue weighted by Gasteiger charge is -2.06. The number of ether oxygens (including phenoxy) is 4. The van der Waals surface area contributed by atoms with Crippen molar-refractivity contribution >= 4 is 0 Å². The summed E-state index contributed by atoms with van der Waals surface area (Å²) in [5, 5.41) is 0. The molecule has 0 unspecified atom stereocenters. The standard InChI is InChI=1S/C15H24O4/c1-16-10-11-18-13-12-17-8-5-9-19-14-15-6-3-2-4-7-15/h2-4,6-7H,5,8-14H2,1H3. The third-order valence-electron chi connectivity index (χ3n) is 2.49. The largest absolute Gasteiger partial charge is 0.382 e. The van der Waals surface area contributed by atoms with E-state index in [1.165, 1.54) is 5.56 Å². The monoisotopic (exact) mass is 268 g/mol. The van der Waals surface area contributed by atoms with Crippen LogP contribution in [-0.2, 0) is 25.6 Å². The van der Waals surface area contributed by atoms with Gasteiger partial charge in [0.25, 0.3) is 0 Å². The predicted octanol–water partition coefficient (Wildman–Crippen LogP) is 2.27. The molecule has 0 fully saturated rings. The van der Waals surface area contributed by atoms with Crippen molar-refractivity contribution in [3.8, 4) is 0 Å². The molecule has 1 aromatic rings. The lowest BCUT2D eigenvalue weighted by Crippen LogP contribution is -2.09.